The van der Waals surface area contributed by atoms with Crippen molar-refractivity contribution in [1.29, 1.82) is 0 Å². The molecule has 3 N–H and O–H groups in total. The molecule has 0 aromatic carbocycles. The topological polar surface area (TPSA) is 76.3 Å². The second kappa shape index (κ2) is 5.80. The van der Waals surface area contributed by atoms with Gasteiger partial charge in [0, 0.05) is 26.3 Å². The van der Waals surface area contributed by atoms with Crippen LogP contribution in [0.25, 0.3) is 0 Å². The van der Waals surface area contributed by atoms with Crippen molar-refractivity contribution >= 4 is 11.8 Å². The fourth-order valence-corrected chi connectivity index (χ4v) is 2.14. The predicted molar refractivity (Wildman–Crippen MR) is 67.1 cm³/mol. The number of nitrogens with two attached hydrogens (primary N) is 1. The molecule has 1 aliphatic heterocycles. The van der Waals surface area contributed by atoms with Crippen LogP contribution >= 0.6 is 0 Å². The third kappa shape index (κ3) is 3.28. The number of hydrogen-bond donors (Lipinski definition) is 2. The number of ether oxygens (including phenoxy) is 1. The van der Waals surface area contributed by atoms with E-state index in [4.69, 9.17) is 10.6 Å². The highest BCUT2D eigenvalue weighted by atomic mass is 19.4. The van der Waals surface area contributed by atoms with Crippen LogP contribution in [0.2, 0.25) is 0 Å². The van der Waals surface area contributed by atoms with Gasteiger partial charge in [-0.15, -0.1) is 0 Å². The maximum absolute atomic E-state index is 12.8. The van der Waals surface area contributed by atoms with Crippen LogP contribution in [0.1, 0.15) is 18.5 Å². The zero-order valence-electron chi connectivity index (χ0n) is 10.9. The van der Waals surface area contributed by atoms with Gasteiger partial charge in [0.25, 0.3) is 0 Å². The van der Waals surface area contributed by atoms with Gasteiger partial charge in [0.15, 0.2) is 5.69 Å². The lowest BCUT2D eigenvalue weighted by Gasteiger charge is -2.33. The second-order valence-electron chi connectivity index (χ2n) is 4.52. The lowest BCUT2D eigenvalue weighted by atomic mass is 10.1. The molecule has 0 aliphatic carbocycles. The number of rotatable bonds is 3. The van der Waals surface area contributed by atoms with Crippen molar-refractivity contribution in [3.8, 4) is 0 Å². The summed E-state index contributed by atoms with van der Waals surface area (Å²) in [5.41, 5.74) is 1.05. The number of hydrogen-bond acceptors (Lipinski definition) is 6. The fraction of sp³-hybridized carbons (Fsp3) is 0.636. The number of nitrogen functional groups attached to an aromatic ring is 1. The van der Waals surface area contributed by atoms with Crippen LogP contribution in [0.4, 0.5) is 24.9 Å². The van der Waals surface area contributed by atoms with E-state index in [1.165, 1.54) is 0 Å². The van der Waals surface area contributed by atoms with Crippen molar-refractivity contribution in [3.63, 3.8) is 0 Å². The summed E-state index contributed by atoms with van der Waals surface area (Å²) in [4.78, 5) is 9.05. The lowest BCUT2D eigenvalue weighted by Crippen LogP contribution is -2.40. The Morgan fingerprint density at radius 1 is 1.45 bits per heavy atom. The summed E-state index contributed by atoms with van der Waals surface area (Å²) >= 11 is 0. The quantitative estimate of drug-likeness (QED) is 0.647. The lowest BCUT2D eigenvalue weighted by molar-refractivity contribution is -0.141. The molecule has 0 saturated carbocycles. The highest BCUT2D eigenvalue weighted by Crippen LogP contribution is 2.31. The SMILES string of the molecule is COC1CCCN(c2cc(C(F)(F)F)nc(NN)n2)C1. The van der Waals surface area contributed by atoms with Crippen molar-refractivity contribution in [2.75, 3.05) is 30.5 Å². The minimum Gasteiger partial charge on any atom is -0.380 e. The monoisotopic (exact) mass is 291 g/mol. The molecular formula is C11H16F3N5O. The minimum atomic E-state index is -4.54. The Morgan fingerprint density at radius 3 is 2.80 bits per heavy atom. The molecule has 9 heteroatoms. The summed E-state index contributed by atoms with van der Waals surface area (Å²) in [6.07, 6.45) is -2.84. The van der Waals surface area contributed by atoms with Gasteiger partial charge >= 0.3 is 6.18 Å². The molecule has 1 aromatic rings. The van der Waals surface area contributed by atoms with Gasteiger partial charge in [0.1, 0.15) is 5.82 Å². The third-order valence-corrected chi connectivity index (χ3v) is 3.17. The van der Waals surface area contributed by atoms with Crippen molar-refractivity contribution in [2.45, 2.75) is 25.1 Å². The van der Waals surface area contributed by atoms with Crippen molar-refractivity contribution in [1.82, 2.24) is 9.97 Å². The van der Waals surface area contributed by atoms with Crippen molar-refractivity contribution in [3.05, 3.63) is 11.8 Å². The van der Waals surface area contributed by atoms with Crippen LogP contribution in [-0.4, -0.2) is 36.3 Å². The Balaban J connectivity index is 2.30. The number of aromatic nitrogens is 2. The van der Waals surface area contributed by atoms with Gasteiger partial charge in [-0.1, -0.05) is 0 Å². The molecule has 0 amide bonds. The van der Waals surface area contributed by atoms with Gasteiger partial charge in [0.05, 0.1) is 6.10 Å². The van der Waals surface area contributed by atoms with Crippen LogP contribution in [0, 0.1) is 0 Å². The highest BCUT2D eigenvalue weighted by molar-refractivity contribution is 5.45. The Kier molecular flexibility index (Phi) is 4.29. The average Bonchev–Trinajstić information content (AvgIpc) is 2.46. The third-order valence-electron chi connectivity index (χ3n) is 3.17. The molecule has 112 valence electrons. The first-order valence-electron chi connectivity index (χ1n) is 6.14. The molecule has 2 heterocycles. The van der Waals surface area contributed by atoms with E-state index in [1.54, 1.807) is 12.0 Å². The first-order chi connectivity index (χ1) is 9.44. The Bertz CT molecular complexity index is 468. The van der Waals surface area contributed by atoms with E-state index in [2.05, 4.69) is 15.4 Å². The summed E-state index contributed by atoms with van der Waals surface area (Å²) in [7, 11) is 1.59. The van der Waals surface area contributed by atoms with Gasteiger partial charge < -0.3 is 9.64 Å². The highest BCUT2D eigenvalue weighted by Gasteiger charge is 2.34. The first kappa shape index (κ1) is 14.8. The smallest absolute Gasteiger partial charge is 0.380 e. The number of nitrogens with one attached hydrogen (secondary N) is 1. The molecule has 0 spiro atoms. The molecule has 1 aliphatic rings. The van der Waals surface area contributed by atoms with E-state index in [9.17, 15) is 13.2 Å². The summed E-state index contributed by atoms with van der Waals surface area (Å²) in [6, 6.07) is 0.929. The maximum Gasteiger partial charge on any atom is 0.433 e. The van der Waals surface area contributed by atoms with Crippen LogP contribution in [0.3, 0.4) is 0 Å². The molecule has 1 unspecified atom stereocenters. The molecular weight excluding hydrogens is 275 g/mol. The molecule has 20 heavy (non-hydrogen) atoms. The van der Waals surface area contributed by atoms with E-state index < -0.39 is 11.9 Å². The van der Waals surface area contributed by atoms with Gasteiger partial charge in [-0.25, -0.2) is 10.8 Å². The molecule has 6 nitrogen and oxygen atoms in total. The molecule has 1 atom stereocenters. The Morgan fingerprint density at radius 2 is 2.20 bits per heavy atom. The van der Waals surface area contributed by atoms with Gasteiger partial charge in [0.2, 0.25) is 5.95 Å². The minimum absolute atomic E-state index is 0.0117. The summed E-state index contributed by atoms with van der Waals surface area (Å²) in [6.45, 7) is 1.12. The van der Waals surface area contributed by atoms with Crippen LogP contribution < -0.4 is 16.2 Å². The zero-order valence-corrected chi connectivity index (χ0v) is 10.9. The number of piperidine rings is 1. The van der Waals surface area contributed by atoms with E-state index in [-0.39, 0.29) is 17.9 Å². The van der Waals surface area contributed by atoms with Crippen molar-refractivity contribution in [2.24, 2.45) is 5.84 Å². The van der Waals surface area contributed by atoms with Crippen LogP contribution in [0.15, 0.2) is 6.07 Å². The largest absolute Gasteiger partial charge is 0.433 e. The van der Waals surface area contributed by atoms with E-state index in [0.29, 0.717) is 13.1 Å². The number of alkyl halides is 3. The summed E-state index contributed by atoms with van der Waals surface area (Å²) in [5, 5.41) is 0. The van der Waals surface area contributed by atoms with Crippen LogP contribution in [0.5, 0.6) is 0 Å². The van der Waals surface area contributed by atoms with Gasteiger partial charge in [-0.05, 0) is 12.8 Å². The van der Waals surface area contributed by atoms with E-state index >= 15 is 0 Å². The number of halogens is 3. The summed E-state index contributed by atoms with van der Waals surface area (Å²) < 4.78 is 43.6. The fourth-order valence-electron chi connectivity index (χ4n) is 2.14. The normalized spacial score (nSPS) is 20.1. The maximum atomic E-state index is 12.8. The number of methoxy groups -OCH3 is 1. The predicted octanol–water partition coefficient (Wildman–Crippen LogP) is 1.40. The number of anilines is 2. The standard InChI is InChI=1S/C11H16F3N5O/c1-20-7-3-2-4-19(6-7)9-5-8(11(12,13)14)16-10(17-9)18-15/h5,7H,2-4,6,15H2,1H3,(H,16,17,18). The molecule has 1 aromatic heterocycles. The number of hydrazine groups is 1. The first-order valence-corrected chi connectivity index (χ1v) is 6.14. The van der Waals surface area contributed by atoms with E-state index in [1.807, 2.05) is 0 Å². The van der Waals surface area contributed by atoms with Gasteiger partial charge in [-0.2, -0.15) is 18.2 Å². The molecule has 1 saturated heterocycles. The molecule has 2 rings (SSSR count). The summed E-state index contributed by atoms with van der Waals surface area (Å²) in [5.74, 6) is 5.07. The number of nitrogens with zero attached hydrogens (tertiary/aromatic N) is 3. The molecule has 1 fully saturated rings. The second-order valence-corrected chi connectivity index (χ2v) is 4.52. The van der Waals surface area contributed by atoms with Crippen LogP contribution in [-0.2, 0) is 10.9 Å². The molecule has 0 bridgehead atoms. The van der Waals surface area contributed by atoms with Crippen molar-refractivity contribution < 1.29 is 17.9 Å². The zero-order chi connectivity index (χ0) is 14.8. The Labute approximate surface area is 114 Å². The Hall–Kier alpha value is -1.61. The average molecular weight is 291 g/mol. The molecule has 0 radical (unpaired) electrons. The van der Waals surface area contributed by atoms with Gasteiger partial charge in [-0.3, -0.25) is 5.43 Å². The van der Waals surface area contributed by atoms with E-state index in [0.717, 1.165) is 18.9 Å².